The fraction of sp³-hybridized carbons (Fsp3) is 1.00. The molecule has 0 radical (unpaired) electrons. The number of fused-ring (bicyclic) bond motifs is 1. The zero-order valence-electron chi connectivity index (χ0n) is 5.10. The van der Waals surface area contributed by atoms with Crippen molar-refractivity contribution in [2.75, 3.05) is 0 Å². The molecule has 0 aromatic rings. The molecule has 0 spiro atoms. The van der Waals surface area contributed by atoms with Crippen LogP contribution in [0.25, 0.3) is 0 Å². The van der Waals surface area contributed by atoms with Crippen LogP contribution in [-0.4, -0.2) is 12.2 Å². The minimum absolute atomic E-state index is 0.692. The third-order valence-corrected chi connectivity index (χ3v) is 2.16. The monoisotopic (exact) mass is 112 g/mol. The fourth-order valence-corrected chi connectivity index (χ4v) is 1.55. The zero-order valence-corrected chi connectivity index (χ0v) is 5.10. The molecule has 0 unspecified atom stereocenters. The lowest BCUT2D eigenvalue weighted by molar-refractivity contribution is 0.335. The highest BCUT2D eigenvalue weighted by Gasteiger charge is 2.38. The molecule has 2 rings (SSSR count). The van der Waals surface area contributed by atoms with Crippen LogP contribution in [0.1, 0.15) is 32.1 Å². The summed E-state index contributed by atoms with van der Waals surface area (Å²) in [6.45, 7) is 0. The molecule has 1 saturated carbocycles. The fourth-order valence-electron chi connectivity index (χ4n) is 1.55. The van der Waals surface area contributed by atoms with Crippen molar-refractivity contribution >= 4 is 0 Å². The van der Waals surface area contributed by atoms with E-state index in [1.54, 1.807) is 0 Å². The molecule has 2 atom stereocenters. The van der Waals surface area contributed by atoms with E-state index in [0.29, 0.717) is 12.2 Å². The standard InChI is InChI=1S/C7H12O/c1-2-4-6-7(8-6)5-3-1/h6-7H,1-5H2/t6-,7+. The second-order valence-corrected chi connectivity index (χ2v) is 2.85. The van der Waals surface area contributed by atoms with Gasteiger partial charge in [0, 0.05) is 0 Å². The summed E-state index contributed by atoms with van der Waals surface area (Å²) in [5.74, 6) is 0. The Bertz CT molecular complexity index is 80.4. The Balaban J connectivity index is 1.89. The first-order valence-corrected chi connectivity index (χ1v) is 3.62. The van der Waals surface area contributed by atoms with Gasteiger partial charge in [0.1, 0.15) is 0 Å². The average molecular weight is 112 g/mol. The summed E-state index contributed by atoms with van der Waals surface area (Å²) in [6.07, 6.45) is 8.31. The Labute approximate surface area is 50.0 Å². The van der Waals surface area contributed by atoms with Gasteiger partial charge in [-0.3, -0.25) is 0 Å². The van der Waals surface area contributed by atoms with Crippen molar-refractivity contribution in [1.29, 1.82) is 0 Å². The van der Waals surface area contributed by atoms with Crippen molar-refractivity contribution in [3.05, 3.63) is 0 Å². The highest BCUT2D eigenvalue weighted by Crippen LogP contribution is 2.34. The quantitative estimate of drug-likeness (QED) is 0.435. The van der Waals surface area contributed by atoms with E-state index in [1.807, 2.05) is 0 Å². The first kappa shape index (κ1) is 4.80. The summed E-state index contributed by atoms with van der Waals surface area (Å²) >= 11 is 0. The van der Waals surface area contributed by atoms with E-state index >= 15 is 0 Å². The molecule has 0 aromatic heterocycles. The largest absolute Gasteiger partial charge is 0.370 e. The van der Waals surface area contributed by atoms with Gasteiger partial charge in [-0.15, -0.1) is 0 Å². The molecule has 2 aliphatic rings. The van der Waals surface area contributed by atoms with Gasteiger partial charge in [0.05, 0.1) is 12.2 Å². The van der Waals surface area contributed by atoms with Crippen LogP contribution in [0.5, 0.6) is 0 Å². The molecule has 1 heteroatoms. The maximum atomic E-state index is 5.36. The lowest BCUT2D eigenvalue weighted by Crippen LogP contribution is -1.87. The van der Waals surface area contributed by atoms with Crippen LogP contribution in [0, 0.1) is 0 Å². The van der Waals surface area contributed by atoms with Crippen molar-refractivity contribution < 1.29 is 4.74 Å². The van der Waals surface area contributed by atoms with Crippen molar-refractivity contribution in [2.45, 2.75) is 44.3 Å². The second-order valence-electron chi connectivity index (χ2n) is 2.85. The molecule has 1 heterocycles. The molecule has 8 heavy (non-hydrogen) atoms. The average Bonchev–Trinajstić information content (AvgIpc) is 2.36. The topological polar surface area (TPSA) is 12.5 Å². The van der Waals surface area contributed by atoms with E-state index in [9.17, 15) is 0 Å². The van der Waals surface area contributed by atoms with Gasteiger partial charge in [0.25, 0.3) is 0 Å². The van der Waals surface area contributed by atoms with Crippen molar-refractivity contribution in [1.82, 2.24) is 0 Å². The number of rotatable bonds is 0. The van der Waals surface area contributed by atoms with Crippen molar-refractivity contribution in [3.63, 3.8) is 0 Å². The molecule has 0 bridgehead atoms. The van der Waals surface area contributed by atoms with Crippen molar-refractivity contribution in [2.24, 2.45) is 0 Å². The number of hydrogen-bond acceptors (Lipinski definition) is 1. The highest BCUT2D eigenvalue weighted by molar-refractivity contribution is 4.86. The Kier molecular flexibility index (Phi) is 1.04. The molecule has 46 valence electrons. The normalized spacial score (nSPS) is 45.0. The molecule has 1 aliphatic carbocycles. The van der Waals surface area contributed by atoms with Gasteiger partial charge in [-0.25, -0.2) is 0 Å². The summed E-state index contributed by atoms with van der Waals surface area (Å²) in [7, 11) is 0. The van der Waals surface area contributed by atoms with Crippen LogP contribution in [0.2, 0.25) is 0 Å². The Morgan fingerprint density at radius 1 is 0.875 bits per heavy atom. The van der Waals surface area contributed by atoms with Crippen LogP contribution in [0.15, 0.2) is 0 Å². The van der Waals surface area contributed by atoms with Crippen LogP contribution in [0.4, 0.5) is 0 Å². The van der Waals surface area contributed by atoms with Gasteiger partial charge in [0.15, 0.2) is 0 Å². The third kappa shape index (κ3) is 0.752. The number of epoxide rings is 1. The Hall–Kier alpha value is -0.0400. The lowest BCUT2D eigenvalue weighted by Gasteiger charge is -1.90. The minimum Gasteiger partial charge on any atom is -0.370 e. The van der Waals surface area contributed by atoms with Gasteiger partial charge in [-0.2, -0.15) is 0 Å². The summed E-state index contributed by atoms with van der Waals surface area (Å²) in [5.41, 5.74) is 0. The molecular formula is C7H12O. The van der Waals surface area contributed by atoms with Crippen molar-refractivity contribution in [3.8, 4) is 0 Å². The van der Waals surface area contributed by atoms with Gasteiger partial charge in [-0.05, 0) is 12.8 Å². The molecule has 0 amide bonds. The van der Waals surface area contributed by atoms with E-state index in [0.717, 1.165) is 0 Å². The maximum Gasteiger partial charge on any atom is 0.0841 e. The van der Waals surface area contributed by atoms with E-state index in [4.69, 9.17) is 4.74 Å². The van der Waals surface area contributed by atoms with Gasteiger partial charge in [0.2, 0.25) is 0 Å². The van der Waals surface area contributed by atoms with Crippen LogP contribution in [0.3, 0.4) is 0 Å². The molecule has 0 N–H and O–H groups in total. The van der Waals surface area contributed by atoms with Gasteiger partial charge >= 0.3 is 0 Å². The van der Waals surface area contributed by atoms with E-state index < -0.39 is 0 Å². The number of hydrogen-bond donors (Lipinski definition) is 0. The molecule has 2 fully saturated rings. The predicted molar refractivity (Wildman–Crippen MR) is 31.7 cm³/mol. The molecule has 1 saturated heterocycles. The van der Waals surface area contributed by atoms with Gasteiger partial charge < -0.3 is 4.74 Å². The Morgan fingerprint density at radius 2 is 1.50 bits per heavy atom. The first-order valence-electron chi connectivity index (χ1n) is 3.62. The van der Waals surface area contributed by atoms with Crippen LogP contribution in [-0.2, 0) is 4.74 Å². The van der Waals surface area contributed by atoms with Gasteiger partial charge in [-0.1, -0.05) is 19.3 Å². The summed E-state index contributed by atoms with van der Waals surface area (Å²) in [5, 5.41) is 0. The third-order valence-electron chi connectivity index (χ3n) is 2.16. The number of ether oxygens (including phenoxy) is 1. The zero-order chi connectivity index (χ0) is 5.40. The van der Waals surface area contributed by atoms with Crippen LogP contribution >= 0.6 is 0 Å². The minimum atomic E-state index is 0.692. The van der Waals surface area contributed by atoms with E-state index in [2.05, 4.69) is 0 Å². The van der Waals surface area contributed by atoms with E-state index in [-0.39, 0.29) is 0 Å². The SMILES string of the molecule is C1CC[C@@H]2O[C@@H]2CC1. The van der Waals surface area contributed by atoms with E-state index in [1.165, 1.54) is 32.1 Å². The summed E-state index contributed by atoms with van der Waals surface area (Å²) in [4.78, 5) is 0. The predicted octanol–water partition coefficient (Wildman–Crippen LogP) is 1.72. The molecular weight excluding hydrogens is 100 g/mol. The maximum absolute atomic E-state index is 5.36. The Morgan fingerprint density at radius 3 is 2.12 bits per heavy atom. The summed E-state index contributed by atoms with van der Waals surface area (Å²) < 4.78 is 5.36. The molecule has 1 nitrogen and oxygen atoms in total. The highest BCUT2D eigenvalue weighted by atomic mass is 16.6. The smallest absolute Gasteiger partial charge is 0.0841 e. The van der Waals surface area contributed by atoms with Crippen LogP contribution < -0.4 is 0 Å². The first-order chi connectivity index (χ1) is 3.97. The lowest BCUT2D eigenvalue weighted by atomic mass is 10.2. The second kappa shape index (κ2) is 1.73. The molecule has 0 aromatic carbocycles. The molecule has 1 aliphatic heterocycles. The summed E-state index contributed by atoms with van der Waals surface area (Å²) in [6, 6.07) is 0.